The zero-order valence-electron chi connectivity index (χ0n) is 9.82. The van der Waals surface area contributed by atoms with Gasteiger partial charge in [0.15, 0.2) is 17.3 Å². The van der Waals surface area contributed by atoms with Crippen molar-refractivity contribution >= 4 is 5.78 Å². The molecule has 0 bridgehead atoms. The predicted molar refractivity (Wildman–Crippen MR) is 63.1 cm³/mol. The first-order chi connectivity index (χ1) is 7.69. The molecule has 16 heavy (non-hydrogen) atoms. The van der Waals surface area contributed by atoms with E-state index in [1.165, 1.54) is 6.07 Å². The monoisotopic (exact) mass is 222 g/mol. The van der Waals surface area contributed by atoms with Crippen LogP contribution in [0.3, 0.4) is 0 Å². The Balaban J connectivity index is 2.78. The fourth-order valence-electron chi connectivity index (χ4n) is 1.33. The van der Waals surface area contributed by atoms with Crippen molar-refractivity contribution in [1.82, 2.24) is 0 Å². The number of hydrogen-bond donors (Lipinski definition) is 1. The fraction of sp³-hybridized carbons (Fsp3) is 0.462. The molecule has 0 radical (unpaired) electrons. The van der Waals surface area contributed by atoms with Gasteiger partial charge in [0.25, 0.3) is 0 Å². The summed E-state index contributed by atoms with van der Waals surface area (Å²) in [5.41, 5.74) is 0.590. The number of unbranched alkanes of at least 4 members (excludes halogenated alkanes) is 1. The van der Waals surface area contributed by atoms with Gasteiger partial charge in [-0.1, -0.05) is 20.3 Å². The minimum atomic E-state index is 0.0559. The summed E-state index contributed by atoms with van der Waals surface area (Å²) in [6.45, 7) is 4.45. The van der Waals surface area contributed by atoms with Gasteiger partial charge in [0.2, 0.25) is 0 Å². The number of Topliss-reactive ketones (excluding diaryl/α,β-unsaturated/α-hetero) is 1. The van der Waals surface area contributed by atoms with Gasteiger partial charge in [0, 0.05) is 12.0 Å². The summed E-state index contributed by atoms with van der Waals surface area (Å²) in [5, 5.41) is 9.55. The molecule has 0 aliphatic heterocycles. The highest BCUT2D eigenvalue weighted by Crippen LogP contribution is 2.27. The van der Waals surface area contributed by atoms with Crippen LogP contribution in [0.25, 0.3) is 0 Å². The Morgan fingerprint density at radius 1 is 1.38 bits per heavy atom. The normalized spacial score (nSPS) is 10.1. The molecule has 1 aromatic rings. The van der Waals surface area contributed by atoms with Gasteiger partial charge in [-0.2, -0.15) is 0 Å². The third-order valence-corrected chi connectivity index (χ3v) is 2.36. The lowest BCUT2D eigenvalue weighted by molar-refractivity contribution is 0.0987. The lowest BCUT2D eigenvalue weighted by Gasteiger charge is -2.08. The summed E-state index contributed by atoms with van der Waals surface area (Å²) in [6.07, 6.45) is 2.43. The molecule has 0 unspecified atom stereocenters. The van der Waals surface area contributed by atoms with Crippen LogP contribution in [0.1, 0.15) is 43.5 Å². The van der Waals surface area contributed by atoms with Gasteiger partial charge < -0.3 is 9.84 Å². The topological polar surface area (TPSA) is 46.5 Å². The van der Waals surface area contributed by atoms with E-state index in [4.69, 9.17) is 4.74 Å². The predicted octanol–water partition coefficient (Wildman–Crippen LogP) is 3.16. The Hall–Kier alpha value is -1.51. The molecule has 0 atom stereocenters. The summed E-state index contributed by atoms with van der Waals surface area (Å²) in [7, 11) is 0. The average Bonchev–Trinajstić information content (AvgIpc) is 2.31. The number of benzene rings is 1. The number of hydrogen-bond acceptors (Lipinski definition) is 3. The van der Waals surface area contributed by atoms with Gasteiger partial charge >= 0.3 is 0 Å². The molecule has 0 saturated carbocycles. The molecule has 1 N–H and O–H groups in total. The van der Waals surface area contributed by atoms with Crippen molar-refractivity contribution in [2.75, 3.05) is 6.61 Å². The third kappa shape index (κ3) is 3.26. The maximum Gasteiger partial charge on any atom is 0.162 e. The zero-order valence-corrected chi connectivity index (χ0v) is 9.82. The number of phenols is 1. The Morgan fingerprint density at radius 2 is 2.12 bits per heavy atom. The van der Waals surface area contributed by atoms with E-state index in [0.717, 1.165) is 12.8 Å². The number of ether oxygens (including phenoxy) is 1. The van der Waals surface area contributed by atoms with E-state index in [2.05, 4.69) is 6.92 Å². The maximum absolute atomic E-state index is 11.5. The molecule has 0 spiro atoms. The van der Waals surface area contributed by atoms with E-state index < -0.39 is 0 Å². The lowest BCUT2D eigenvalue weighted by Crippen LogP contribution is -2.00. The van der Waals surface area contributed by atoms with Crippen molar-refractivity contribution in [3.8, 4) is 11.5 Å². The molecule has 0 fully saturated rings. The van der Waals surface area contributed by atoms with E-state index in [1.54, 1.807) is 12.1 Å². The summed E-state index contributed by atoms with van der Waals surface area (Å²) >= 11 is 0. The molecule has 0 saturated heterocycles. The van der Waals surface area contributed by atoms with Crippen molar-refractivity contribution in [2.45, 2.75) is 33.1 Å². The molecule has 3 nitrogen and oxygen atoms in total. The first kappa shape index (κ1) is 12.6. The molecule has 88 valence electrons. The van der Waals surface area contributed by atoms with Crippen LogP contribution in [0.5, 0.6) is 11.5 Å². The molecular formula is C13H18O3. The number of carbonyl (C=O) groups is 1. The molecule has 0 aliphatic rings. The van der Waals surface area contributed by atoms with Gasteiger partial charge in [-0.25, -0.2) is 0 Å². The number of phenolic OH excluding ortho intramolecular Hbond substituents is 1. The highest BCUT2D eigenvalue weighted by molar-refractivity contribution is 5.96. The average molecular weight is 222 g/mol. The Morgan fingerprint density at radius 3 is 2.75 bits per heavy atom. The minimum absolute atomic E-state index is 0.0559. The summed E-state index contributed by atoms with van der Waals surface area (Å²) in [4.78, 5) is 11.5. The summed E-state index contributed by atoms with van der Waals surface area (Å²) in [5.74, 6) is 0.539. The van der Waals surface area contributed by atoms with Gasteiger partial charge in [-0.15, -0.1) is 0 Å². The largest absolute Gasteiger partial charge is 0.504 e. The van der Waals surface area contributed by atoms with E-state index in [-0.39, 0.29) is 11.5 Å². The van der Waals surface area contributed by atoms with Crippen LogP contribution >= 0.6 is 0 Å². The second-order valence-electron chi connectivity index (χ2n) is 3.66. The second-order valence-corrected chi connectivity index (χ2v) is 3.66. The van der Waals surface area contributed by atoms with Crippen LogP contribution in [0, 0.1) is 0 Å². The molecule has 1 aromatic carbocycles. The van der Waals surface area contributed by atoms with E-state index >= 15 is 0 Å². The standard InChI is InChI=1S/C13H18O3/c1-3-5-8-16-13-9-10(11(14)4-2)6-7-12(13)15/h6-7,9,15H,3-5,8H2,1-2H3. The van der Waals surface area contributed by atoms with Gasteiger partial charge in [-0.3, -0.25) is 4.79 Å². The van der Waals surface area contributed by atoms with Crippen molar-refractivity contribution in [3.05, 3.63) is 23.8 Å². The second kappa shape index (κ2) is 6.16. The SMILES string of the molecule is CCCCOc1cc(C(=O)CC)ccc1O. The molecule has 0 heterocycles. The van der Waals surface area contributed by atoms with E-state index in [9.17, 15) is 9.90 Å². The molecular weight excluding hydrogens is 204 g/mol. The smallest absolute Gasteiger partial charge is 0.162 e. The van der Waals surface area contributed by atoms with Crippen molar-refractivity contribution in [3.63, 3.8) is 0 Å². The van der Waals surface area contributed by atoms with Crippen LogP contribution in [0.2, 0.25) is 0 Å². The summed E-state index contributed by atoms with van der Waals surface area (Å²) < 4.78 is 5.41. The van der Waals surface area contributed by atoms with Crippen LogP contribution in [-0.2, 0) is 0 Å². The Kier molecular flexibility index (Phi) is 4.83. The highest BCUT2D eigenvalue weighted by atomic mass is 16.5. The molecule has 0 amide bonds. The quantitative estimate of drug-likeness (QED) is 0.594. The molecule has 3 heteroatoms. The van der Waals surface area contributed by atoms with Crippen LogP contribution < -0.4 is 4.74 Å². The number of rotatable bonds is 6. The van der Waals surface area contributed by atoms with Gasteiger partial charge in [0.05, 0.1) is 6.61 Å². The van der Waals surface area contributed by atoms with Crippen molar-refractivity contribution in [1.29, 1.82) is 0 Å². The third-order valence-electron chi connectivity index (χ3n) is 2.36. The zero-order chi connectivity index (χ0) is 12.0. The summed E-state index contributed by atoms with van der Waals surface area (Å²) in [6, 6.07) is 4.73. The molecule has 0 aliphatic carbocycles. The van der Waals surface area contributed by atoms with E-state index in [1.807, 2.05) is 6.92 Å². The lowest BCUT2D eigenvalue weighted by atomic mass is 10.1. The first-order valence-electron chi connectivity index (χ1n) is 5.68. The Bertz CT molecular complexity index is 358. The Labute approximate surface area is 96.1 Å². The van der Waals surface area contributed by atoms with Crippen molar-refractivity contribution in [2.24, 2.45) is 0 Å². The van der Waals surface area contributed by atoms with Crippen LogP contribution in [0.15, 0.2) is 18.2 Å². The molecule has 1 rings (SSSR count). The highest BCUT2D eigenvalue weighted by Gasteiger charge is 2.08. The van der Waals surface area contributed by atoms with Crippen LogP contribution in [-0.4, -0.2) is 17.5 Å². The number of aromatic hydroxyl groups is 1. The number of carbonyl (C=O) groups excluding carboxylic acids is 1. The fourth-order valence-corrected chi connectivity index (χ4v) is 1.33. The first-order valence-corrected chi connectivity index (χ1v) is 5.68. The van der Waals surface area contributed by atoms with Gasteiger partial charge in [0.1, 0.15) is 0 Å². The molecule has 0 aromatic heterocycles. The van der Waals surface area contributed by atoms with Crippen molar-refractivity contribution < 1.29 is 14.6 Å². The minimum Gasteiger partial charge on any atom is -0.504 e. The maximum atomic E-state index is 11.5. The van der Waals surface area contributed by atoms with Gasteiger partial charge in [-0.05, 0) is 24.6 Å². The number of ketones is 1. The van der Waals surface area contributed by atoms with E-state index in [0.29, 0.717) is 24.3 Å². The van der Waals surface area contributed by atoms with Crippen LogP contribution in [0.4, 0.5) is 0 Å².